The van der Waals surface area contributed by atoms with E-state index in [0.29, 0.717) is 10.7 Å². The Hall–Kier alpha value is -2.44. The summed E-state index contributed by atoms with van der Waals surface area (Å²) in [6.45, 7) is 0. The largest absolute Gasteiger partial charge is 0.451 e. The van der Waals surface area contributed by atoms with Crippen molar-refractivity contribution in [3.63, 3.8) is 0 Å². The molecule has 0 radical (unpaired) electrons. The van der Waals surface area contributed by atoms with Gasteiger partial charge in [-0.2, -0.15) is 13.2 Å². The molecular weight excluding hydrogens is 390 g/mol. The fraction of sp³-hybridized carbons (Fsp3) is 0.0556. The van der Waals surface area contributed by atoms with Gasteiger partial charge in [0.2, 0.25) is 0 Å². The van der Waals surface area contributed by atoms with E-state index in [9.17, 15) is 18.0 Å². The highest BCUT2D eigenvalue weighted by Gasteiger charge is 2.34. The molecule has 8 heteroatoms. The minimum absolute atomic E-state index is 0.0646. The summed E-state index contributed by atoms with van der Waals surface area (Å²) in [4.78, 5) is 12.3. The van der Waals surface area contributed by atoms with Crippen LogP contribution in [-0.2, 0) is 6.18 Å². The Kier molecular flexibility index (Phi) is 4.98. The number of amides is 1. The Morgan fingerprint density at radius 2 is 1.73 bits per heavy atom. The molecule has 0 unspecified atom stereocenters. The van der Waals surface area contributed by atoms with E-state index in [1.807, 2.05) is 0 Å². The number of rotatable bonds is 3. The van der Waals surface area contributed by atoms with Crippen LogP contribution in [0.1, 0.15) is 16.1 Å². The van der Waals surface area contributed by atoms with Crippen molar-refractivity contribution in [1.82, 2.24) is 0 Å². The summed E-state index contributed by atoms with van der Waals surface area (Å²) < 4.78 is 44.7. The quantitative estimate of drug-likeness (QED) is 0.544. The summed E-state index contributed by atoms with van der Waals surface area (Å²) >= 11 is 11.8. The van der Waals surface area contributed by atoms with Crippen LogP contribution in [0.25, 0.3) is 11.3 Å². The molecule has 3 rings (SSSR count). The molecule has 0 saturated carbocycles. The predicted molar refractivity (Wildman–Crippen MR) is 93.6 cm³/mol. The Bertz CT molecular complexity index is 967. The Balaban J connectivity index is 1.88. The molecule has 0 fully saturated rings. The first-order valence-corrected chi connectivity index (χ1v) is 8.04. The van der Waals surface area contributed by atoms with Gasteiger partial charge in [-0.3, -0.25) is 4.79 Å². The van der Waals surface area contributed by atoms with Gasteiger partial charge in [-0.1, -0.05) is 41.4 Å². The number of furan rings is 1. The van der Waals surface area contributed by atoms with Crippen LogP contribution in [0.5, 0.6) is 0 Å². The molecule has 134 valence electrons. The second kappa shape index (κ2) is 7.05. The lowest BCUT2D eigenvalue weighted by Crippen LogP contribution is -2.11. The topological polar surface area (TPSA) is 42.2 Å². The smallest absolute Gasteiger partial charge is 0.417 e. The van der Waals surface area contributed by atoms with E-state index in [1.54, 1.807) is 0 Å². The molecule has 3 aromatic rings. The average molecular weight is 400 g/mol. The molecule has 0 spiro atoms. The summed E-state index contributed by atoms with van der Waals surface area (Å²) in [7, 11) is 0. The first-order chi connectivity index (χ1) is 12.3. The summed E-state index contributed by atoms with van der Waals surface area (Å²) in [5.74, 6) is -0.863. The zero-order chi connectivity index (χ0) is 18.9. The van der Waals surface area contributed by atoms with Crippen LogP contribution in [0.3, 0.4) is 0 Å². The molecule has 1 N–H and O–H groups in total. The maximum absolute atomic E-state index is 13.1. The molecule has 26 heavy (non-hydrogen) atoms. The highest BCUT2D eigenvalue weighted by molar-refractivity contribution is 6.36. The molecule has 1 amide bonds. The lowest BCUT2D eigenvalue weighted by atomic mass is 10.1. The van der Waals surface area contributed by atoms with Gasteiger partial charge in [-0.05, 0) is 36.4 Å². The number of alkyl halides is 3. The lowest BCUT2D eigenvalue weighted by molar-refractivity contribution is -0.137. The summed E-state index contributed by atoms with van der Waals surface area (Å²) in [5.41, 5.74) is -0.694. The van der Waals surface area contributed by atoms with Crippen molar-refractivity contribution in [1.29, 1.82) is 0 Å². The van der Waals surface area contributed by atoms with Gasteiger partial charge in [-0.15, -0.1) is 0 Å². The van der Waals surface area contributed by atoms with Crippen LogP contribution in [0.2, 0.25) is 10.0 Å². The number of hydrogen-bond donors (Lipinski definition) is 1. The highest BCUT2D eigenvalue weighted by atomic mass is 35.5. The van der Waals surface area contributed by atoms with Gasteiger partial charge in [-0.25, -0.2) is 0 Å². The second-order valence-electron chi connectivity index (χ2n) is 5.29. The van der Waals surface area contributed by atoms with E-state index in [4.69, 9.17) is 27.6 Å². The molecule has 0 bridgehead atoms. The molecule has 0 aliphatic heterocycles. The van der Waals surface area contributed by atoms with Gasteiger partial charge < -0.3 is 9.73 Å². The number of carbonyl (C=O) groups is 1. The molecule has 0 aliphatic rings. The van der Waals surface area contributed by atoms with Crippen LogP contribution in [0.15, 0.2) is 59.0 Å². The van der Waals surface area contributed by atoms with Gasteiger partial charge in [0.1, 0.15) is 5.76 Å². The molecule has 3 nitrogen and oxygen atoms in total. The first-order valence-electron chi connectivity index (χ1n) is 7.28. The molecule has 1 aromatic heterocycles. The number of anilines is 1. The lowest BCUT2D eigenvalue weighted by Gasteiger charge is -2.10. The van der Waals surface area contributed by atoms with Crippen molar-refractivity contribution >= 4 is 34.8 Å². The SMILES string of the molecule is O=C(Nc1ccc(Cl)cc1Cl)c1ccc(-c2ccccc2C(F)(F)F)o1. The molecular formula is C18H10Cl2F3NO2. The van der Waals surface area contributed by atoms with E-state index < -0.39 is 17.6 Å². The maximum atomic E-state index is 13.1. The van der Waals surface area contributed by atoms with E-state index in [-0.39, 0.29) is 22.1 Å². The van der Waals surface area contributed by atoms with E-state index >= 15 is 0 Å². The van der Waals surface area contributed by atoms with Crippen molar-refractivity contribution in [2.75, 3.05) is 5.32 Å². The number of carbonyl (C=O) groups excluding carboxylic acids is 1. The average Bonchev–Trinajstić information content (AvgIpc) is 3.06. The highest BCUT2D eigenvalue weighted by Crippen LogP contribution is 2.37. The third-order valence-electron chi connectivity index (χ3n) is 3.51. The van der Waals surface area contributed by atoms with Crippen molar-refractivity contribution in [2.24, 2.45) is 0 Å². The van der Waals surface area contributed by atoms with Gasteiger partial charge in [0.15, 0.2) is 5.76 Å². The third-order valence-corrected chi connectivity index (χ3v) is 4.05. The fourth-order valence-electron chi connectivity index (χ4n) is 2.32. The third kappa shape index (κ3) is 3.86. The van der Waals surface area contributed by atoms with E-state index in [2.05, 4.69) is 5.32 Å². The Morgan fingerprint density at radius 1 is 1.00 bits per heavy atom. The van der Waals surface area contributed by atoms with Crippen LogP contribution in [0.4, 0.5) is 18.9 Å². The summed E-state index contributed by atoms with van der Waals surface area (Å²) in [6.07, 6.45) is -4.54. The first kappa shape index (κ1) is 18.4. The Morgan fingerprint density at radius 3 is 2.42 bits per heavy atom. The Labute approximate surface area is 156 Å². The van der Waals surface area contributed by atoms with Gasteiger partial charge in [0.25, 0.3) is 5.91 Å². The van der Waals surface area contributed by atoms with Gasteiger partial charge in [0, 0.05) is 10.6 Å². The molecule has 0 saturated heterocycles. The molecule has 2 aromatic carbocycles. The number of halogens is 5. The molecule has 0 aliphatic carbocycles. The van der Waals surface area contributed by atoms with Crippen molar-refractivity contribution in [3.8, 4) is 11.3 Å². The zero-order valence-corrected chi connectivity index (χ0v) is 14.4. The standard InChI is InChI=1S/C18H10Cl2F3NO2/c19-10-5-6-14(13(20)9-10)24-17(25)16-8-7-15(26-16)11-3-1-2-4-12(11)18(21,22)23/h1-9H,(H,24,25). The summed E-state index contributed by atoms with van der Waals surface area (Å²) in [6, 6.07) is 12.1. The van der Waals surface area contributed by atoms with Crippen molar-refractivity contribution in [3.05, 3.63) is 76.0 Å². The number of hydrogen-bond acceptors (Lipinski definition) is 2. The number of benzene rings is 2. The molecule has 0 atom stereocenters. The van der Waals surface area contributed by atoms with E-state index in [1.165, 1.54) is 48.5 Å². The second-order valence-corrected chi connectivity index (χ2v) is 6.13. The maximum Gasteiger partial charge on any atom is 0.417 e. The zero-order valence-electron chi connectivity index (χ0n) is 12.9. The number of nitrogens with one attached hydrogen (secondary N) is 1. The predicted octanol–water partition coefficient (Wildman–Crippen LogP) is 6.52. The van der Waals surface area contributed by atoms with Crippen LogP contribution >= 0.6 is 23.2 Å². The minimum atomic E-state index is -4.54. The van der Waals surface area contributed by atoms with Gasteiger partial charge >= 0.3 is 6.18 Å². The van der Waals surface area contributed by atoms with Crippen molar-refractivity contribution < 1.29 is 22.4 Å². The van der Waals surface area contributed by atoms with Crippen LogP contribution in [-0.4, -0.2) is 5.91 Å². The van der Waals surface area contributed by atoms with E-state index in [0.717, 1.165) is 6.07 Å². The van der Waals surface area contributed by atoms with Gasteiger partial charge in [0.05, 0.1) is 16.3 Å². The minimum Gasteiger partial charge on any atom is -0.451 e. The van der Waals surface area contributed by atoms with Crippen LogP contribution < -0.4 is 5.32 Å². The fourth-order valence-corrected chi connectivity index (χ4v) is 2.78. The molecule has 1 heterocycles. The van der Waals surface area contributed by atoms with Crippen LogP contribution in [0, 0.1) is 0 Å². The summed E-state index contributed by atoms with van der Waals surface area (Å²) in [5, 5.41) is 3.14. The van der Waals surface area contributed by atoms with Crippen molar-refractivity contribution in [2.45, 2.75) is 6.18 Å². The normalized spacial score (nSPS) is 11.4. The monoisotopic (exact) mass is 399 g/mol.